The molecule has 2 aliphatic rings. The highest BCUT2D eigenvalue weighted by atomic mass is 16.5. The number of fused-ring (bicyclic) bond motifs is 1. The Morgan fingerprint density at radius 1 is 1.08 bits per heavy atom. The van der Waals surface area contributed by atoms with E-state index in [0.29, 0.717) is 17.5 Å². The van der Waals surface area contributed by atoms with Crippen molar-refractivity contribution in [2.24, 2.45) is 0 Å². The van der Waals surface area contributed by atoms with Gasteiger partial charge in [0.1, 0.15) is 5.82 Å². The van der Waals surface area contributed by atoms with Gasteiger partial charge in [-0.2, -0.15) is 4.98 Å². The lowest BCUT2D eigenvalue weighted by molar-refractivity contribution is 0.356. The summed E-state index contributed by atoms with van der Waals surface area (Å²) in [6.07, 6.45) is 4.72. The maximum absolute atomic E-state index is 5.49. The summed E-state index contributed by atoms with van der Waals surface area (Å²) in [5, 5.41) is 8.06. The van der Waals surface area contributed by atoms with E-state index in [0.717, 1.165) is 55.3 Å². The Labute approximate surface area is 154 Å². The van der Waals surface area contributed by atoms with Crippen molar-refractivity contribution >= 4 is 22.7 Å². The molecular formula is C19H27N5O2. The Balaban J connectivity index is 1.78. The quantitative estimate of drug-likeness (QED) is 0.851. The molecule has 0 amide bonds. The molecular weight excluding hydrogens is 330 g/mol. The van der Waals surface area contributed by atoms with Gasteiger partial charge in [0, 0.05) is 37.1 Å². The second-order valence-corrected chi connectivity index (χ2v) is 6.98. The maximum atomic E-state index is 5.49. The molecule has 7 nitrogen and oxygen atoms in total. The maximum Gasteiger partial charge on any atom is 0.227 e. The molecule has 2 saturated heterocycles. The largest absolute Gasteiger partial charge is 0.493 e. The van der Waals surface area contributed by atoms with E-state index in [2.05, 4.69) is 15.5 Å². The van der Waals surface area contributed by atoms with Gasteiger partial charge in [-0.3, -0.25) is 0 Å². The second-order valence-electron chi connectivity index (χ2n) is 6.98. The molecule has 2 aliphatic heterocycles. The van der Waals surface area contributed by atoms with E-state index >= 15 is 0 Å². The van der Waals surface area contributed by atoms with Crippen molar-refractivity contribution in [3.8, 4) is 11.5 Å². The third kappa shape index (κ3) is 3.35. The van der Waals surface area contributed by atoms with Gasteiger partial charge in [-0.25, -0.2) is 4.98 Å². The van der Waals surface area contributed by atoms with Crippen LogP contribution in [0.1, 0.15) is 25.7 Å². The minimum absolute atomic E-state index is 0.376. The number of hydrogen-bond acceptors (Lipinski definition) is 7. The zero-order chi connectivity index (χ0) is 17.9. The van der Waals surface area contributed by atoms with Crippen LogP contribution in [0.4, 0.5) is 11.8 Å². The molecule has 4 rings (SSSR count). The minimum Gasteiger partial charge on any atom is -0.493 e. The van der Waals surface area contributed by atoms with Crippen molar-refractivity contribution < 1.29 is 9.47 Å². The molecule has 1 aromatic heterocycles. The van der Waals surface area contributed by atoms with Crippen LogP contribution < -0.4 is 25.0 Å². The first-order valence-corrected chi connectivity index (χ1v) is 9.44. The lowest BCUT2D eigenvalue weighted by atomic mass is 10.1. The van der Waals surface area contributed by atoms with E-state index in [1.54, 1.807) is 14.2 Å². The Bertz CT molecular complexity index is 770. The van der Waals surface area contributed by atoms with Gasteiger partial charge in [0.15, 0.2) is 11.5 Å². The number of nitrogens with zero attached hydrogens (tertiary/aromatic N) is 3. The van der Waals surface area contributed by atoms with Crippen LogP contribution in [-0.2, 0) is 0 Å². The fraction of sp³-hybridized carbons (Fsp3) is 0.579. The Morgan fingerprint density at radius 3 is 2.54 bits per heavy atom. The third-order valence-electron chi connectivity index (χ3n) is 5.22. The fourth-order valence-corrected chi connectivity index (χ4v) is 3.78. The Morgan fingerprint density at radius 2 is 1.85 bits per heavy atom. The molecule has 26 heavy (non-hydrogen) atoms. The predicted molar refractivity (Wildman–Crippen MR) is 104 cm³/mol. The second kappa shape index (κ2) is 7.53. The minimum atomic E-state index is 0.376. The van der Waals surface area contributed by atoms with Gasteiger partial charge in [-0.1, -0.05) is 0 Å². The van der Waals surface area contributed by atoms with Crippen molar-refractivity contribution in [1.82, 2.24) is 15.3 Å². The molecule has 0 saturated carbocycles. The highest BCUT2D eigenvalue weighted by molar-refractivity contribution is 5.93. The molecule has 0 spiro atoms. The number of hydrogen-bond donors (Lipinski definition) is 2. The molecule has 2 aromatic rings. The number of piperidine rings is 1. The molecule has 7 heteroatoms. The van der Waals surface area contributed by atoms with Crippen LogP contribution in [0.25, 0.3) is 10.9 Å². The molecule has 3 heterocycles. The molecule has 140 valence electrons. The normalized spacial score (nSPS) is 20.4. The van der Waals surface area contributed by atoms with Crippen LogP contribution >= 0.6 is 0 Å². The Hall–Kier alpha value is -2.28. The summed E-state index contributed by atoms with van der Waals surface area (Å²) >= 11 is 0. The van der Waals surface area contributed by atoms with Crippen LogP contribution in [0, 0.1) is 0 Å². The van der Waals surface area contributed by atoms with E-state index in [9.17, 15) is 0 Å². The highest BCUT2D eigenvalue weighted by Crippen LogP contribution is 2.35. The van der Waals surface area contributed by atoms with Crippen molar-refractivity contribution in [3.05, 3.63) is 12.1 Å². The molecule has 0 aliphatic carbocycles. The van der Waals surface area contributed by atoms with Gasteiger partial charge in [0.25, 0.3) is 0 Å². The number of benzene rings is 1. The molecule has 2 N–H and O–H groups in total. The summed E-state index contributed by atoms with van der Waals surface area (Å²) in [5.41, 5.74) is 0.880. The average molecular weight is 357 g/mol. The van der Waals surface area contributed by atoms with E-state index < -0.39 is 0 Å². The molecule has 1 atom stereocenters. The van der Waals surface area contributed by atoms with E-state index in [1.165, 1.54) is 19.3 Å². The zero-order valence-corrected chi connectivity index (χ0v) is 15.5. The molecule has 2 fully saturated rings. The Kier molecular flexibility index (Phi) is 4.97. The number of methoxy groups -OCH3 is 2. The van der Waals surface area contributed by atoms with Crippen LogP contribution in [0.5, 0.6) is 11.5 Å². The summed E-state index contributed by atoms with van der Waals surface area (Å²) in [6.45, 7) is 4.08. The van der Waals surface area contributed by atoms with Gasteiger partial charge in [0.2, 0.25) is 5.95 Å². The summed E-state index contributed by atoms with van der Waals surface area (Å²) in [4.78, 5) is 12.0. The van der Waals surface area contributed by atoms with Crippen LogP contribution in [0.2, 0.25) is 0 Å². The van der Waals surface area contributed by atoms with Crippen molar-refractivity contribution in [3.63, 3.8) is 0 Å². The number of anilines is 2. The van der Waals surface area contributed by atoms with E-state index in [4.69, 9.17) is 19.4 Å². The summed E-state index contributed by atoms with van der Waals surface area (Å²) in [6, 6.07) is 4.29. The lowest BCUT2D eigenvalue weighted by Crippen LogP contribution is -2.38. The van der Waals surface area contributed by atoms with Gasteiger partial charge >= 0.3 is 0 Å². The molecule has 0 radical (unpaired) electrons. The van der Waals surface area contributed by atoms with Crippen molar-refractivity contribution in [2.45, 2.75) is 31.7 Å². The fourth-order valence-electron chi connectivity index (χ4n) is 3.78. The molecule has 0 unspecified atom stereocenters. The number of nitrogens with one attached hydrogen (secondary N) is 2. The van der Waals surface area contributed by atoms with Gasteiger partial charge in [0.05, 0.1) is 19.7 Å². The molecule has 1 aromatic carbocycles. The zero-order valence-electron chi connectivity index (χ0n) is 15.5. The summed E-state index contributed by atoms with van der Waals surface area (Å²) < 4.78 is 11.0. The van der Waals surface area contributed by atoms with E-state index in [1.807, 2.05) is 12.1 Å². The lowest BCUT2D eigenvalue weighted by Gasteiger charge is -2.26. The SMILES string of the molecule is COc1cc2nc(N3CCCC3)nc(N[C@@H]3CCCNC3)c2cc1OC. The van der Waals surface area contributed by atoms with Crippen LogP contribution in [0.15, 0.2) is 12.1 Å². The van der Waals surface area contributed by atoms with E-state index in [-0.39, 0.29) is 0 Å². The molecule has 0 bridgehead atoms. The first-order chi connectivity index (χ1) is 12.8. The first kappa shape index (κ1) is 17.1. The number of ether oxygens (including phenoxy) is 2. The summed E-state index contributed by atoms with van der Waals surface area (Å²) in [7, 11) is 3.31. The standard InChI is InChI=1S/C19H27N5O2/c1-25-16-10-14-15(11-17(16)26-2)22-19(24-8-3-4-9-24)23-18(14)21-13-6-5-7-20-12-13/h10-11,13,20H,3-9,12H2,1-2H3,(H,21,22,23)/t13-/m1/s1. The topological polar surface area (TPSA) is 71.5 Å². The average Bonchev–Trinajstić information content (AvgIpc) is 3.22. The van der Waals surface area contributed by atoms with Crippen LogP contribution in [0.3, 0.4) is 0 Å². The monoisotopic (exact) mass is 357 g/mol. The van der Waals surface area contributed by atoms with Crippen molar-refractivity contribution in [2.75, 3.05) is 50.6 Å². The summed E-state index contributed by atoms with van der Waals surface area (Å²) in [5.74, 6) is 3.07. The predicted octanol–water partition coefficient (Wildman–Crippen LogP) is 2.41. The van der Waals surface area contributed by atoms with Crippen LogP contribution in [-0.4, -0.2) is 56.4 Å². The highest BCUT2D eigenvalue weighted by Gasteiger charge is 2.21. The van der Waals surface area contributed by atoms with Crippen molar-refractivity contribution in [1.29, 1.82) is 0 Å². The van der Waals surface area contributed by atoms with Gasteiger partial charge < -0.3 is 25.0 Å². The van der Waals surface area contributed by atoms with Gasteiger partial charge in [-0.05, 0) is 38.3 Å². The smallest absolute Gasteiger partial charge is 0.227 e. The number of rotatable bonds is 5. The number of aromatic nitrogens is 2. The first-order valence-electron chi connectivity index (χ1n) is 9.44. The third-order valence-corrected chi connectivity index (χ3v) is 5.22. The van der Waals surface area contributed by atoms with Gasteiger partial charge in [-0.15, -0.1) is 0 Å².